The molecule has 1 N–H and O–H groups in total. The second-order valence-electron chi connectivity index (χ2n) is 0.354. The maximum absolute atomic E-state index is 6.21. The van der Waals surface area contributed by atoms with Gasteiger partial charge in [-0.1, -0.05) is 6.92 Å². The van der Waals surface area contributed by atoms with Gasteiger partial charge in [0, 0.05) is 0 Å². The molecule has 28 valence electrons. The van der Waals surface area contributed by atoms with Crippen molar-refractivity contribution in [2.24, 2.45) is 0 Å². The fraction of sp³-hybridized carbons (Fsp3) is 0.667. The third-order valence-corrected chi connectivity index (χ3v) is 0. The monoisotopic (exact) mass is 144 g/mol. The van der Waals surface area contributed by atoms with Crippen LogP contribution in [0.4, 0.5) is 0 Å². The number of hydrogen-bond acceptors (Lipinski definition) is 0. The van der Waals surface area contributed by atoms with Gasteiger partial charge < -0.3 is 13.2 Å². The van der Waals surface area contributed by atoms with Crippen LogP contribution in [-0.2, 0) is 0 Å². The second-order valence-corrected chi connectivity index (χ2v) is 0.354. The summed E-state index contributed by atoms with van der Waals surface area (Å²) in [5.74, 6) is 0. The summed E-state index contributed by atoms with van der Waals surface area (Å²) < 4.78 is 0. The van der Waals surface area contributed by atoms with E-state index in [-0.39, 0.29) is 65.6 Å². The molecule has 0 aromatic carbocycles. The van der Waals surface area contributed by atoms with Gasteiger partial charge in [0.15, 0.2) is 0 Å². The van der Waals surface area contributed by atoms with Gasteiger partial charge in [-0.3, -0.25) is 0 Å². The van der Waals surface area contributed by atoms with Gasteiger partial charge in [0.1, 0.15) is 0 Å². The van der Waals surface area contributed by atoms with Crippen LogP contribution in [0, 0.1) is 7.43 Å². The first-order chi connectivity index (χ1) is 1.41. The van der Waals surface area contributed by atoms with Crippen molar-refractivity contribution < 1.29 is 58.2 Å². The molecule has 0 rings (SSSR count). The molecule has 5 heavy (non-hydrogen) atoms. The van der Waals surface area contributed by atoms with Crippen molar-refractivity contribution in [2.45, 2.75) is 6.92 Å². The van der Waals surface area contributed by atoms with E-state index in [1.165, 1.54) is 0 Å². The third-order valence-electron chi connectivity index (χ3n) is 0. The van der Waals surface area contributed by atoms with Crippen molar-refractivity contribution in [1.29, 1.82) is 0 Å². The Kier molecular flexibility index (Phi) is 54.3. The molecule has 0 aliphatic heterocycles. The van der Waals surface area contributed by atoms with Crippen LogP contribution in [0.1, 0.15) is 6.92 Å². The maximum Gasteiger partial charge on any atom is 1.00 e. The molecule has 0 fully saturated rings. The summed E-state index contributed by atoms with van der Waals surface area (Å²) in [5.41, 5.74) is 6.21. The zero-order valence-corrected chi connectivity index (χ0v) is 9.12. The first kappa shape index (κ1) is 15.9. The molecule has 0 aliphatic rings. The average molecular weight is 145 g/mol. The zero-order chi connectivity index (χ0) is 2.71. The summed E-state index contributed by atoms with van der Waals surface area (Å²) in [7, 11) is 0. The van der Waals surface area contributed by atoms with Crippen LogP contribution in [-0.4, -0.2) is 6.54 Å². The first-order valence-corrected chi connectivity index (χ1v) is 1.06. The first-order valence-electron chi connectivity index (χ1n) is 1.06. The molecule has 0 aromatic heterocycles. The Morgan fingerprint density at radius 2 is 1.60 bits per heavy atom. The summed E-state index contributed by atoms with van der Waals surface area (Å²) >= 11 is 0. The number of rotatable bonds is 0. The SMILES string of the molecule is CC[NH-].[CH3-].[Rb+]. The Morgan fingerprint density at radius 1 is 1.60 bits per heavy atom. The quantitative estimate of drug-likeness (QED) is 0.370. The Balaban J connectivity index is -0.0000000200. The van der Waals surface area contributed by atoms with Gasteiger partial charge in [0.2, 0.25) is 0 Å². The van der Waals surface area contributed by atoms with Crippen molar-refractivity contribution in [3.63, 3.8) is 0 Å². The number of nitrogens with one attached hydrogen (secondary N) is 1. The molecule has 0 spiro atoms. The van der Waals surface area contributed by atoms with Crippen LogP contribution in [0.5, 0.6) is 0 Å². The van der Waals surface area contributed by atoms with E-state index in [1.807, 2.05) is 0 Å². The smallest absolute Gasteiger partial charge is 0.678 e. The summed E-state index contributed by atoms with van der Waals surface area (Å²) in [5, 5.41) is 0. The van der Waals surface area contributed by atoms with E-state index in [9.17, 15) is 0 Å². The normalized spacial score (nSPS) is 3.60. The molecule has 1 nitrogen and oxygen atoms in total. The Hall–Kier alpha value is 1.77. The van der Waals surface area contributed by atoms with Crippen LogP contribution in [0.15, 0.2) is 0 Å². The summed E-state index contributed by atoms with van der Waals surface area (Å²) in [4.78, 5) is 0. The minimum absolute atomic E-state index is 0. The molecular formula is C3H9NRb-. The van der Waals surface area contributed by atoms with Gasteiger partial charge in [-0.15, -0.1) is 0 Å². The van der Waals surface area contributed by atoms with Crippen molar-refractivity contribution in [3.8, 4) is 0 Å². The van der Waals surface area contributed by atoms with Crippen molar-refractivity contribution in [1.82, 2.24) is 0 Å². The minimum atomic E-state index is 0. The maximum atomic E-state index is 6.21. The van der Waals surface area contributed by atoms with Crippen LogP contribution in [0.25, 0.3) is 5.73 Å². The van der Waals surface area contributed by atoms with Crippen LogP contribution >= 0.6 is 0 Å². The van der Waals surface area contributed by atoms with E-state index in [0.717, 1.165) is 0 Å². The molecule has 0 amide bonds. The molecular weight excluding hydrogens is 136 g/mol. The summed E-state index contributed by atoms with van der Waals surface area (Å²) in [6.45, 7) is 2.29. The van der Waals surface area contributed by atoms with Crippen molar-refractivity contribution in [3.05, 3.63) is 13.2 Å². The van der Waals surface area contributed by atoms with Crippen molar-refractivity contribution in [2.75, 3.05) is 6.54 Å². The number of hydrogen-bond donors (Lipinski definition) is 0. The molecule has 0 aromatic rings. The van der Waals surface area contributed by atoms with E-state index in [4.69, 9.17) is 5.73 Å². The minimum Gasteiger partial charge on any atom is -0.678 e. The predicted molar refractivity (Wildman–Crippen MR) is 21.3 cm³/mol. The molecule has 0 bridgehead atoms. The van der Waals surface area contributed by atoms with Gasteiger partial charge in [0.05, 0.1) is 0 Å². The van der Waals surface area contributed by atoms with Gasteiger partial charge in [-0.05, 0) is 0 Å². The van der Waals surface area contributed by atoms with Gasteiger partial charge in [0.25, 0.3) is 0 Å². The third kappa shape index (κ3) is 26.2. The average Bonchev–Trinajstić information content (AvgIpc) is 0.918. The van der Waals surface area contributed by atoms with E-state index in [0.29, 0.717) is 6.54 Å². The zero-order valence-electron chi connectivity index (χ0n) is 4.21. The molecule has 2 heteroatoms. The molecule has 0 radical (unpaired) electrons. The molecule has 0 aliphatic carbocycles. The fourth-order valence-corrected chi connectivity index (χ4v) is 0. The predicted octanol–water partition coefficient (Wildman–Crippen LogP) is -1.49. The van der Waals surface area contributed by atoms with Crippen LogP contribution < -0.4 is 58.2 Å². The van der Waals surface area contributed by atoms with E-state index in [1.54, 1.807) is 6.92 Å². The molecule has 0 atom stereocenters. The summed E-state index contributed by atoms with van der Waals surface area (Å²) in [6.07, 6.45) is 0. The van der Waals surface area contributed by atoms with Crippen molar-refractivity contribution >= 4 is 0 Å². The van der Waals surface area contributed by atoms with E-state index >= 15 is 0 Å². The van der Waals surface area contributed by atoms with Crippen LogP contribution in [0.2, 0.25) is 0 Å². The molecule has 0 heterocycles. The molecule has 0 saturated carbocycles. The van der Waals surface area contributed by atoms with Gasteiger partial charge in [-0.25, -0.2) is 0 Å². The Morgan fingerprint density at radius 3 is 1.60 bits per heavy atom. The van der Waals surface area contributed by atoms with E-state index in [2.05, 4.69) is 0 Å². The molecule has 0 saturated heterocycles. The fourth-order valence-electron chi connectivity index (χ4n) is 0. The Labute approximate surface area is 83.1 Å². The largest absolute Gasteiger partial charge is 1.00 e. The van der Waals surface area contributed by atoms with E-state index < -0.39 is 0 Å². The van der Waals surface area contributed by atoms with Gasteiger partial charge in [-0.2, -0.15) is 6.54 Å². The Bertz CT molecular complexity index is 6.85. The van der Waals surface area contributed by atoms with Gasteiger partial charge >= 0.3 is 58.2 Å². The summed E-state index contributed by atoms with van der Waals surface area (Å²) in [6, 6.07) is 0. The molecule has 0 unspecified atom stereocenters. The topological polar surface area (TPSA) is 23.8 Å². The van der Waals surface area contributed by atoms with Crippen LogP contribution in [0.3, 0.4) is 0 Å². The second kappa shape index (κ2) is 17.1. The standard InChI is InChI=1S/C2H6N.CH3.Rb/c1-2-3;;/h3H,2H2,1H3;1H3;/q2*-1;+1.